The summed E-state index contributed by atoms with van der Waals surface area (Å²) < 4.78 is 0. The van der Waals surface area contributed by atoms with Crippen molar-refractivity contribution in [1.82, 2.24) is 10.2 Å². The van der Waals surface area contributed by atoms with Gasteiger partial charge in [-0.2, -0.15) is 0 Å². The van der Waals surface area contributed by atoms with Gasteiger partial charge in [0.05, 0.1) is 6.04 Å². The van der Waals surface area contributed by atoms with E-state index in [9.17, 15) is 9.59 Å². The molecule has 1 aliphatic carbocycles. The molecule has 2 amide bonds. The molecule has 1 aromatic rings. The Bertz CT molecular complexity index is 443. The Labute approximate surface area is 116 Å². The molecule has 1 unspecified atom stereocenters. The Morgan fingerprint density at radius 3 is 2.84 bits per heavy atom. The van der Waals surface area contributed by atoms with Crippen LogP contribution in [0.5, 0.6) is 0 Å². The number of thiophene rings is 1. The van der Waals surface area contributed by atoms with Crippen molar-refractivity contribution in [3.63, 3.8) is 0 Å². The van der Waals surface area contributed by atoms with Crippen molar-refractivity contribution in [1.29, 1.82) is 0 Å². The van der Waals surface area contributed by atoms with Crippen LogP contribution in [-0.2, 0) is 4.79 Å². The summed E-state index contributed by atoms with van der Waals surface area (Å²) in [4.78, 5) is 25.4. The third-order valence-electron chi connectivity index (χ3n) is 3.10. The third-order valence-corrected chi connectivity index (χ3v) is 4.15. The highest BCUT2D eigenvalue weighted by Gasteiger charge is 2.28. The number of carboxylic acid groups (broad SMARTS) is 1. The lowest BCUT2D eigenvalue weighted by Crippen LogP contribution is -2.44. The number of carbonyl (C=O) groups is 2. The molecule has 1 atom stereocenters. The van der Waals surface area contributed by atoms with E-state index in [1.807, 2.05) is 24.4 Å². The lowest BCUT2D eigenvalue weighted by atomic mass is 10.3. The summed E-state index contributed by atoms with van der Waals surface area (Å²) in [6.45, 7) is 2.20. The van der Waals surface area contributed by atoms with E-state index in [-0.39, 0.29) is 18.6 Å². The standard InChI is InChI=1S/C13H18N2O3S/c1-9(11-3-2-6-19-11)14-13(18)15(8-12(16)17)7-10-4-5-10/h2-3,6,9-10H,4-5,7-8H2,1H3,(H,14,18)(H,16,17). The van der Waals surface area contributed by atoms with Gasteiger partial charge >= 0.3 is 12.0 Å². The van der Waals surface area contributed by atoms with Crippen molar-refractivity contribution in [3.8, 4) is 0 Å². The van der Waals surface area contributed by atoms with E-state index in [4.69, 9.17) is 5.11 Å². The summed E-state index contributed by atoms with van der Waals surface area (Å²) in [7, 11) is 0. The number of rotatable bonds is 6. The quantitative estimate of drug-likeness (QED) is 0.841. The number of urea groups is 1. The van der Waals surface area contributed by atoms with E-state index in [1.54, 1.807) is 11.3 Å². The van der Waals surface area contributed by atoms with E-state index in [0.29, 0.717) is 12.5 Å². The van der Waals surface area contributed by atoms with Gasteiger partial charge in [-0.3, -0.25) is 4.79 Å². The summed E-state index contributed by atoms with van der Waals surface area (Å²) in [5, 5.41) is 13.7. The number of hydrogen-bond acceptors (Lipinski definition) is 3. The predicted molar refractivity (Wildman–Crippen MR) is 73.2 cm³/mol. The Morgan fingerprint density at radius 2 is 2.32 bits per heavy atom. The number of carboxylic acids is 1. The van der Waals surface area contributed by atoms with E-state index >= 15 is 0 Å². The van der Waals surface area contributed by atoms with Crippen molar-refractivity contribution in [2.45, 2.75) is 25.8 Å². The summed E-state index contributed by atoms with van der Waals surface area (Å²) in [6, 6.07) is 3.50. The second-order valence-electron chi connectivity index (χ2n) is 4.90. The molecule has 2 rings (SSSR count). The van der Waals surface area contributed by atoms with Gasteiger partial charge in [0.25, 0.3) is 0 Å². The van der Waals surface area contributed by atoms with Crippen LogP contribution in [0, 0.1) is 5.92 Å². The highest BCUT2D eigenvalue weighted by atomic mass is 32.1. The summed E-state index contributed by atoms with van der Waals surface area (Å²) >= 11 is 1.58. The van der Waals surface area contributed by atoms with E-state index < -0.39 is 5.97 Å². The second kappa shape index (κ2) is 6.06. The average Bonchev–Trinajstić information content (AvgIpc) is 2.98. The zero-order valence-corrected chi connectivity index (χ0v) is 11.7. The van der Waals surface area contributed by atoms with E-state index in [1.165, 1.54) is 4.90 Å². The van der Waals surface area contributed by atoms with Gasteiger partial charge in [0.2, 0.25) is 0 Å². The normalized spacial score (nSPS) is 15.8. The maximum Gasteiger partial charge on any atom is 0.323 e. The van der Waals surface area contributed by atoms with E-state index in [2.05, 4.69) is 5.32 Å². The van der Waals surface area contributed by atoms with Crippen molar-refractivity contribution in [2.24, 2.45) is 5.92 Å². The van der Waals surface area contributed by atoms with Gasteiger partial charge in [-0.1, -0.05) is 6.07 Å². The molecular weight excluding hydrogens is 264 g/mol. The monoisotopic (exact) mass is 282 g/mol. The first kappa shape index (κ1) is 13.9. The van der Waals surface area contributed by atoms with Crippen LogP contribution in [0.15, 0.2) is 17.5 Å². The SMILES string of the molecule is CC(NC(=O)N(CC(=O)O)CC1CC1)c1cccs1. The molecule has 19 heavy (non-hydrogen) atoms. The van der Waals surface area contributed by atoms with Crippen molar-refractivity contribution >= 4 is 23.3 Å². The van der Waals surface area contributed by atoms with E-state index in [0.717, 1.165) is 17.7 Å². The van der Waals surface area contributed by atoms with Crippen LogP contribution in [0.25, 0.3) is 0 Å². The first-order valence-electron chi connectivity index (χ1n) is 6.37. The zero-order chi connectivity index (χ0) is 13.8. The van der Waals surface area contributed by atoms with Gasteiger partial charge in [0.1, 0.15) is 6.54 Å². The van der Waals surface area contributed by atoms with Crippen LogP contribution in [-0.4, -0.2) is 35.1 Å². The molecule has 1 aromatic heterocycles. The molecule has 0 aliphatic heterocycles. The minimum atomic E-state index is -0.973. The maximum absolute atomic E-state index is 12.1. The van der Waals surface area contributed by atoms with Gasteiger partial charge in [-0.05, 0) is 37.1 Å². The fraction of sp³-hybridized carbons (Fsp3) is 0.538. The van der Waals surface area contributed by atoms with Gasteiger partial charge in [0.15, 0.2) is 0 Å². The highest BCUT2D eigenvalue weighted by Crippen LogP contribution is 2.29. The number of aliphatic carboxylic acids is 1. The van der Waals surface area contributed by atoms with Crippen LogP contribution >= 0.6 is 11.3 Å². The second-order valence-corrected chi connectivity index (χ2v) is 5.88. The van der Waals surface area contributed by atoms with Crippen molar-refractivity contribution in [2.75, 3.05) is 13.1 Å². The van der Waals surface area contributed by atoms with Gasteiger partial charge in [-0.25, -0.2) is 4.79 Å². The molecule has 5 nitrogen and oxygen atoms in total. The number of nitrogens with zero attached hydrogens (tertiary/aromatic N) is 1. The maximum atomic E-state index is 12.1. The molecule has 0 aromatic carbocycles. The number of hydrogen-bond donors (Lipinski definition) is 2. The smallest absolute Gasteiger partial charge is 0.323 e. The minimum absolute atomic E-state index is 0.0944. The molecule has 104 valence electrons. The van der Waals surface area contributed by atoms with Crippen molar-refractivity contribution < 1.29 is 14.7 Å². The third kappa shape index (κ3) is 4.24. The largest absolute Gasteiger partial charge is 0.480 e. The van der Waals surface area contributed by atoms with Crippen LogP contribution in [0.2, 0.25) is 0 Å². The summed E-state index contributed by atoms with van der Waals surface area (Å²) in [5.74, 6) is -0.498. The molecule has 2 N–H and O–H groups in total. The van der Waals surface area contributed by atoms with Gasteiger partial charge in [-0.15, -0.1) is 11.3 Å². The fourth-order valence-corrected chi connectivity index (χ4v) is 2.61. The van der Waals surface area contributed by atoms with Gasteiger partial charge in [0, 0.05) is 11.4 Å². The number of carbonyl (C=O) groups excluding carboxylic acids is 1. The van der Waals surface area contributed by atoms with Crippen LogP contribution in [0.3, 0.4) is 0 Å². The summed E-state index contributed by atoms with van der Waals surface area (Å²) in [5.41, 5.74) is 0. The van der Waals surface area contributed by atoms with Crippen LogP contribution < -0.4 is 5.32 Å². The predicted octanol–water partition coefficient (Wildman–Crippen LogP) is 2.32. The molecule has 1 saturated carbocycles. The first-order valence-corrected chi connectivity index (χ1v) is 7.25. The van der Waals surface area contributed by atoms with Crippen molar-refractivity contribution in [3.05, 3.63) is 22.4 Å². The summed E-state index contributed by atoms with van der Waals surface area (Å²) in [6.07, 6.45) is 2.17. The number of nitrogens with one attached hydrogen (secondary N) is 1. The lowest BCUT2D eigenvalue weighted by molar-refractivity contribution is -0.137. The molecule has 1 fully saturated rings. The fourth-order valence-electron chi connectivity index (χ4n) is 1.88. The lowest BCUT2D eigenvalue weighted by Gasteiger charge is -2.23. The molecule has 0 bridgehead atoms. The van der Waals surface area contributed by atoms with Crippen LogP contribution in [0.4, 0.5) is 4.79 Å². The van der Waals surface area contributed by atoms with Crippen LogP contribution in [0.1, 0.15) is 30.7 Å². The first-order chi connectivity index (χ1) is 9.06. The Balaban J connectivity index is 1.92. The van der Waals surface area contributed by atoms with Gasteiger partial charge < -0.3 is 15.3 Å². The molecule has 1 aliphatic rings. The minimum Gasteiger partial charge on any atom is -0.480 e. The molecule has 6 heteroatoms. The Kier molecular flexibility index (Phi) is 4.42. The number of amides is 2. The highest BCUT2D eigenvalue weighted by molar-refractivity contribution is 7.10. The average molecular weight is 282 g/mol. The molecule has 0 saturated heterocycles. The molecular formula is C13H18N2O3S. The molecule has 0 radical (unpaired) electrons. The zero-order valence-electron chi connectivity index (χ0n) is 10.8. The Morgan fingerprint density at radius 1 is 1.58 bits per heavy atom. The topological polar surface area (TPSA) is 69.6 Å². The Hall–Kier alpha value is -1.56. The molecule has 1 heterocycles. The molecule has 0 spiro atoms.